The van der Waals surface area contributed by atoms with Gasteiger partial charge in [-0.1, -0.05) is 23.7 Å². The zero-order valence-corrected chi connectivity index (χ0v) is 13.3. The Hall–Kier alpha value is -1.43. The first-order valence-corrected chi connectivity index (χ1v) is 8.14. The highest BCUT2D eigenvalue weighted by molar-refractivity contribution is 6.30. The molecule has 1 aliphatic heterocycles. The number of aliphatic hydroxyl groups excluding tert-OH is 1. The van der Waals surface area contributed by atoms with Gasteiger partial charge in [0.2, 0.25) is 0 Å². The van der Waals surface area contributed by atoms with Crippen LogP contribution in [-0.4, -0.2) is 32.5 Å². The van der Waals surface area contributed by atoms with Gasteiger partial charge in [-0.05, 0) is 37.0 Å². The minimum absolute atomic E-state index is 0.442. The lowest BCUT2D eigenvalue weighted by atomic mass is 10.1. The fourth-order valence-corrected chi connectivity index (χ4v) is 3.07. The standard InChI is InChI=1S/C16H21ClN4O/c17-13-5-3-4-12(8-13)9-14(22)10-18-11-16-20-19-15-6-1-2-7-21(15)16/h3-5,8,14,18,22H,1-2,6-7,9-11H2. The van der Waals surface area contributed by atoms with Crippen molar-refractivity contribution < 1.29 is 5.11 Å². The Bertz CT molecular complexity index is 628. The third-order valence-electron chi connectivity index (χ3n) is 3.96. The highest BCUT2D eigenvalue weighted by Crippen LogP contribution is 2.14. The van der Waals surface area contributed by atoms with Crippen molar-refractivity contribution in [3.8, 4) is 0 Å². The summed E-state index contributed by atoms with van der Waals surface area (Å²) in [5.74, 6) is 2.05. The molecule has 1 aromatic carbocycles. The predicted molar refractivity (Wildman–Crippen MR) is 85.8 cm³/mol. The topological polar surface area (TPSA) is 63.0 Å². The third kappa shape index (κ3) is 3.85. The molecule has 0 fully saturated rings. The van der Waals surface area contributed by atoms with E-state index in [1.165, 1.54) is 12.8 Å². The van der Waals surface area contributed by atoms with Crippen molar-refractivity contribution in [3.63, 3.8) is 0 Å². The number of hydrogen-bond acceptors (Lipinski definition) is 4. The van der Waals surface area contributed by atoms with E-state index in [0.717, 1.165) is 30.2 Å². The number of nitrogens with one attached hydrogen (secondary N) is 1. The largest absolute Gasteiger partial charge is 0.391 e. The molecular weight excluding hydrogens is 300 g/mol. The summed E-state index contributed by atoms with van der Waals surface area (Å²) in [6.07, 6.45) is 3.55. The fraction of sp³-hybridized carbons (Fsp3) is 0.500. The number of rotatable bonds is 6. The first-order chi connectivity index (χ1) is 10.7. The Balaban J connectivity index is 1.47. The molecule has 0 saturated carbocycles. The van der Waals surface area contributed by atoms with Crippen molar-refractivity contribution in [2.24, 2.45) is 0 Å². The van der Waals surface area contributed by atoms with Crippen molar-refractivity contribution in [1.82, 2.24) is 20.1 Å². The van der Waals surface area contributed by atoms with Crippen molar-refractivity contribution in [3.05, 3.63) is 46.5 Å². The summed E-state index contributed by atoms with van der Waals surface area (Å²) in [5.41, 5.74) is 1.04. The van der Waals surface area contributed by atoms with Crippen molar-refractivity contribution in [2.45, 2.75) is 44.9 Å². The molecule has 22 heavy (non-hydrogen) atoms. The van der Waals surface area contributed by atoms with Gasteiger partial charge in [0.15, 0.2) is 0 Å². The van der Waals surface area contributed by atoms with Crippen LogP contribution in [0.4, 0.5) is 0 Å². The number of fused-ring (bicyclic) bond motifs is 1. The highest BCUT2D eigenvalue weighted by Gasteiger charge is 2.15. The lowest BCUT2D eigenvalue weighted by molar-refractivity contribution is 0.171. The second-order valence-corrected chi connectivity index (χ2v) is 6.20. The summed E-state index contributed by atoms with van der Waals surface area (Å²) in [7, 11) is 0. The smallest absolute Gasteiger partial charge is 0.147 e. The van der Waals surface area contributed by atoms with Crippen LogP contribution in [0, 0.1) is 0 Å². The zero-order chi connectivity index (χ0) is 15.4. The van der Waals surface area contributed by atoms with Crippen LogP contribution in [0.25, 0.3) is 0 Å². The van der Waals surface area contributed by atoms with Crippen molar-refractivity contribution in [1.29, 1.82) is 0 Å². The summed E-state index contributed by atoms with van der Waals surface area (Å²) >= 11 is 5.95. The Morgan fingerprint density at radius 2 is 2.23 bits per heavy atom. The molecule has 2 aromatic rings. The van der Waals surface area contributed by atoms with Gasteiger partial charge in [-0.3, -0.25) is 0 Å². The van der Waals surface area contributed by atoms with Crippen LogP contribution in [0.3, 0.4) is 0 Å². The van der Waals surface area contributed by atoms with Crippen LogP contribution in [0.15, 0.2) is 24.3 Å². The first-order valence-electron chi connectivity index (χ1n) is 7.76. The van der Waals surface area contributed by atoms with Gasteiger partial charge in [0.25, 0.3) is 0 Å². The summed E-state index contributed by atoms with van der Waals surface area (Å²) < 4.78 is 2.19. The average molecular weight is 321 g/mol. The lowest BCUT2D eigenvalue weighted by Crippen LogP contribution is -2.29. The normalized spacial score (nSPS) is 15.5. The van der Waals surface area contributed by atoms with Gasteiger partial charge in [-0.15, -0.1) is 10.2 Å². The molecule has 0 bridgehead atoms. The second kappa shape index (κ2) is 7.22. The van der Waals surface area contributed by atoms with Gasteiger partial charge in [0.1, 0.15) is 11.6 Å². The van der Waals surface area contributed by atoms with Gasteiger partial charge in [0.05, 0.1) is 12.6 Å². The molecule has 0 amide bonds. The summed E-state index contributed by atoms with van der Waals surface area (Å²) in [6, 6.07) is 7.61. The molecule has 2 heterocycles. The van der Waals surface area contributed by atoms with E-state index in [0.29, 0.717) is 24.5 Å². The van der Waals surface area contributed by atoms with E-state index < -0.39 is 6.10 Å². The molecule has 118 valence electrons. The molecule has 1 unspecified atom stereocenters. The maximum Gasteiger partial charge on any atom is 0.147 e. The molecule has 2 N–H and O–H groups in total. The summed E-state index contributed by atoms with van der Waals surface area (Å²) in [6.45, 7) is 2.17. The molecule has 5 nitrogen and oxygen atoms in total. The van der Waals surface area contributed by atoms with Crippen LogP contribution >= 0.6 is 11.6 Å². The van der Waals surface area contributed by atoms with Crippen LogP contribution in [0.2, 0.25) is 5.02 Å². The predicted octanol–water partition coefficient (Wildman–Crippen LogP) is 1.96. The molecule has 0 saturated heterocycles. The van der Waals surface area contributed by atoms with E-state index >= 15 is 0 Å². The Morgan fingerprint density at radius 3 is 3.09 bits per heavy atom. The van der Waals surface area contributed by atoms with E-state index in [2.05, 4.69) is 20.1 Å². The van der Waals surface area contributed by atoms with E-state index in [-0.39, 0.29) is 0 Å². The van der Waals surface area contributed by atoms with Crippen LogP contribution < -0.4 is 5.32 Å². The van der Waals surface area contributed by atoms with Gasteiger partial charge in [-0.25, -0.2) is 0 Å². The van der Waals surface area contributed by atoms with E-state index in [1.54, 1.807) is 0 Å². The maximum atomic E-state index is 10.1. The van der Waals surface area contributed by atoms with Crippen LogP contribution in [0.5, 0.6) is 0 Å². The number of aromatic nitrogens is 3. The van der Waals surface area contributed by atoms with Gasteiger partial charge in [-0.2, -0.15) is 0 Å². The van der Waals surface area contributed by atoms with Crippen LogP contribution in [0.1, 0.15) is 30.1 Å². The molecule has 6 heteroatoms. The molecular formula is C16H21ClN4O. The Labute approximate surface area is 135 Å². The number of hydrogen-bond donors (Lipinski definition) is 2. The Kier molecular flexibility index (Phi) is 5.08. The van der Waals surface area contributed by atoms with Crippen molar-refractivity contribution in [2.75, 3.05) is 6.54 Å². The fourth-order valence-electron chi connectivity index (χ4n) is 2.86. The molecule has 0 spiro atoms. The van der Waals surface area contributed by atoms with E-state index in [1.807, 2.05) is 24.3 Å². The number of aliphatic hydroxyl groups is 1. The SMILES string of the molecule is OC(CNCc1nnc2n1CCCC2)Cc1cccc(Cl)c1. The van der Waals surface area contributed by atoms with Crippen LogP contribution in [-0.2, 0) is 25.9 Å². The minimum atomic E-state index is -0.442. The molecule has 0 radical (unpaired) electrons. The number of aryl methyl sites for hydroxylation is 1. The molecule has 1 aliphatic rings. The van der Waals surface area contributed by atoms with Gasteiger partial charge < -0.3 is 15.0 Å². The number of benzene rings is 1. The second-order valence-electron chi connectivity index (χ2n) is 5.76. The van der Waals surface area contributed by atoms with Gasteiger partial charge >= 0.3 is 0 Å². The quantitative estimate of drug-likeness (QED) is 0.854. The van der Waals surface area contributed by atoms with E-state index in [4.69, 9.17) is 11.6 Å². The molecule has 0 aliphatic carbocycles. The maximum absolute atomic E-state index is 10.1. The van der Waals surface area contributed by atoms with Gasteiger partial charge in [0, 0.05) is 24.5 Å². The molecule has 1 atom stereocenters. The summed E-state index contributed by atoms with van der Waals surface area (Å²) in [4.78, 5) is 0. The monoisotopic (exact) mass is 320 g/mol. The first kappa shape index (κ1) is 15.5. The summed E-state index contributed by atoms with van der Waals surface area (Å²) in [5, 5.41) is 22.5. The zero-order valence-electron chi connectivity index (χ0n) is 12.5. The Morgan fingerprint density at radius 1 is 1.32 bits per heavy atom. The average Bonchev–Trinajstić information content (AvgIpc) is 2.91. The highest BCUT2D eigenvalue weighted by atomic mass is 35.5. The lowest BCUT2D eigenvalue weighted by Gasteiger charge is -2.16. The molecule has 1 aromatic heterocycles. The molecule has 3 rings (SSSR count). The van der Waals surface area contributed by atoms with Crippen molar-refractivity contribution >= 4 is 11.6 Å². The van der Waals surface area contributed by atoms with E-state index in [9.17, 15) is 5.11 Å². The third-order valence-corrected chi connectivity index (χ3v) is 4.19. The minimum Gasteiger partial charge on any atom is -0.391 e. The number of nitrogens with zero attached hydrogens (tertiary/aromatic N) is 3. The number of halogens is 1.